The lowest BCUT2D eigenvalue weighted by atomic mass is 10.1. The molecule has 0 amide bonds. The van der Waals surface area contributed by atoms with Gasteiger partial charge in [-0.15, -0.1) is 12.3 Å². The molecule has 2 N–H and O–H groups in total. The first kappa shape index (κ1) is 31.3. The molecular weight excluding hydrogens is 420 g/mol. The van der Waals surface area contributed by atoms with Gasteiger partial charge in [-0.1, -0.05) is 93.4 Å². The number of allylic oxidation sites excluding steroid dienone is 5. The summed E-state index contributed by atoms with van der Waals surface area (Å²) < 4.78 is 0. The SMILES string of the molecule is C#C[C@H](O)/C=C/CCCCCC#CC/C=C\CCCCCCCCCCC/C=C\C#CC(=O)O. The van der Waals surface area contributed by atoms with Crippen LogP contribution >= 0.6 is 0 Å². The zero-order valence-corrected chi connectivity index (χ0v) is 20.9. The number of terminal acetylenes is 1. The maximum absolute atomic E-state index is 10.2. The van der Waals surface area contributed by atoms with Crippen molar-refractivity contribution in [3.63, 3.8) is 0 Å². The van der Waals surface area contributed by atoms with Gasteiger partial charge < -0.3 is 10.2 Å². The first-order valence-corrected chi connectivity index (χ1v) is 13.0. The Labute approximate surface area is 208 Å². The molecule has 0 aromatic rings. The van der Waals surface area contributed by atoms with E-state index < -0.39 is 12.1 Å². The molecule has 0 saturated heterocycles. The molecule has 0 fully saturated rings. The van der Waals surface area contributed by atoms with E-state index in [0.29, 0.717) is 0 Å². The van der Waals surface area contributed by atoms with Crippen LogP contribution in [0, 0.1) is 36.0 Å². The summed E-state index contributed by atoms with van der Waals surface area (Å²) in [6.45, 7) is 0. The van der Waals surface area contributed by atoms with Gasteiger partial charge in [0.15, 0.2) is 0 Å². The predicted octanol–water partition coefficient (Wildman–Crippen LogP) is 7.37. The van der Waals surface area contributed by atoms with Crippen LogP contribution in [0.25, 0.3) is 0 Å². The third-order valence-corrected chi connectivity index (χ3v) is 5.30. The van der Waals surface area contributed by atoms with Crippen LogP contribution in [-0.2, 0) is 4.79 Å². The van der Waals surface area contributed by atoms with E-state index in [-0.39, 0.29) is 0 Å². The van der Waals surface area contributed by atoms with Gasteiger partial charge in [0.05, 0.1) is 0 Å². The molecular formula is C31H44O3. The Hall–Kier alpha value is -2.67. The van der Waals surface area contributed by atoms with Crippen LogP contribution in [0.15, 0.2) is 36.5 Å². The van der Waals surface area contributed by atoms with Gasteiger partial charge >= 0.3 is 5.97 Å². The van der Waals surface area contributed by atoms with Crippen molar-refractivity contribution in [2.75, 3.05) is 0 Å². The van der Waals surface area contributed by atoms with E-state index in [4.69, 9.17) is 11.5 Å². The van der Waals surface area contributed by atoms with Crippen LogP contribution in [0.5, 0.6) is 0 Å². The number of carboxylic acids is 1. The average Bonchev–Trinajstić information content (AvgIpc) is 2.83. The molecule has 0 aromatic heterocycles. The Morgan fingerprint density at radius 2 is 1.29 bits per heavy atom. The number of carbonyl (C=O) groups is 1. The summed E-state index contributed by atoms with van der Waals surface area (Å²) in [5, 5.41) is 17.6. The van der Waals surface area contributed by atoms with E-state index in [1.54, 1.807) is 12.2 Å². The van der Waals surface area contributed by atoms with Gasteiger partial charge in [-0.2, -0.15) is 0 Å². The largest absolute Gasteiger partial charge is 0.472 e. The number of hydrogen-bond acceptors (Lipinski definition) is 2. The Bertz CT molecular complexity index is 744. The molecule has 0 spiro atoms. The van der Waals surface area contributed by atoms with Gasteiger partial charge in [-0.05, 0) is 57.1 Å². The molecule has 0 saturated carbocycles. The minimum atomic E-state index is -1.08. The van der Waals surface area contributed by atoms with Crippen molar-refractivity contribution in [3.05, 3.63) is 36.5 Å². The van der Waals surface area contributed by atoms with E-state index in [2.05, 4.69) is 41.8 Å². The molecule has 0 unspecified atom stereocenters. The zero-order chi connectivity index (χ0) is 25.0. The van der Waals surface area contributed by atoms with Crippen molar-refractivity contribution in [1.29, 1.82) is 0 Å². The van der Waals surface area contributed by atoms with Crippen LogP contribution < -0.4 is 0 Å². The molecule has 0 heterocycles. The first-order valence-electron chi connectivity index (χ1n) is 13.0. The summed E-state index contributed by atoms with van der Waals surface area (Å²) >= 11 is 0. The lowest BCUT2D eigenvalue weighted by Gasteiger charge is -2.01. The number of hydrogen-bond donors (Lipinski definition) is 2. The quantitative estimate of drug-likeness (QED) is 0.119. The van der Waals surface area contributed by atoms with E-state index >= 15 is 0 Å². The minimum absolute atomic E-state index is 0.748. The third kappa shape index (κ3) is 27.4. The second-order valence-electron chi connectivity index (χ2n) is 8.40. The van der Waals surface area contributed by atoms with Gasteiger partial charge in [-0.25, -0.2) is 4.79 Å². The molecule has 0 aromatic carbocycles. The lowest BCUT2D eigenvalue weighted by Crippen LogP contribution is -1.95. The van der Waals surface area contributed by atoms with E-state index in [1.165, 1.54) is 51.4 Å². The number of carboxylic acid groups (broad SMARTS) is 1. The highest BCUT2D eigenvalue weighted by Gasteiger charge is 1.92. The molecule has 34 heavy (non-hydrogen) atoms. The average molecular weight is 465 g/mol. The number of aliphatic hydroxyl groups excluding tert-OH is 1. The van der Waals surface area contributed by atoms with E-state index in [0.717, 1.165) is 57.8 Å². The fraction of sp³-hybridized carbons (Fsp3) is 0.581. The maximum Gasteiger partial charge on any atom is 0.382 e. The second kappa shape index (κ2) is 26.6. The van der Waals surface area contributed by atoms with Crippen molar-refractivity contribution < 1.29 is 15.0 Å². The number of aliphatic carboxylic acids is 1. The Balaban J connectivity index is 3.32. The molecule has 0 aliphatic carbocycles. The fourth-order valence-corrected chi connectivity index (χ4v) is 3.36. The third-order valence-electron chi connectivity index (χ3n) is 5.30. The highest BCUT2D eigenvalue weighted by Crippen LogP contribution is 2.11. The highest BCUT2D eigenvalue weighted by molar-refractivity contribution is 5.86. The van der Waals surface area contributed by atoms with Crippen LogP contribution in [0.3, 0.4) is 0 Å². The van der Waals surface area contributed by atoms with E-state index in [9.17, 15) is 9.90 Å². The lowest BCUT2D eigenvalue weighted by molar-refractivity contribution is -0.130. The summed E-state index contributed by atoms with van der Waals surface area (Å²) in [5.41, 5.74) is 0. The summed E-state index contributed by atoms with van der Waals surface area (Å²) in [7, 11) is 0. The first-order chi connectivity index (χ1) is 16.7. The molecule has 0 rings (SSSR count). The van der Waals surface area contributed by atoms with Crippen molar-refractivity contribution in [3.8, 4) is 36.0 Å². The molecule has 3 nitrogen and oxygen atoms in total. The monoisotopic (exact) mass is 464 g/mol. The van der Waals surface area contributed by atoms with E-state index in [1.807, 2.05) is 12.2 Å². The molecule has 0 aliphatic heterocycles. The van der Waals surface area contributed by atoms with Crippen LogP contribution in [0.2, 0.25) is 0 Å². The highest BCUT2D eigenvalue weighted by atomic mass is 16.4. The summed E-state index contributed by atoms with van der Waals surface area (Å²) in [4.78, 5) is 10.2. The van der Waals surface area contributed by atoms with Gasteiger partial charge in [0.2, 0.25) is 0 Å². The zero-order valence-electron chi connectivity index (χ0n) is 20.9. The molecule has 3 heteroatoms. The van der Waals surface area contributed by atoms with Crippen molar-refractivity contribution in [2.24, 2.45) is 0 Å². The smallest absolute Gasteiger partial charge is 0.382 e. The minimum Gasteiger partial charge on any atom is -0.472 e. The second-order valence-corrected chi connectivity index (χ2v) is 8.40. The maximum atomic E-state index is 10.2. The van der Waals surface area contributed by atoms with Crippen LogP contribution in [0.1, 0.15) is 109 Å². The van der Waals surface area contributed by atoms with Crippen molar-refractivity contribution in [2.45, 2.75) is 115 Å². The number of aliphatic hydroxyl groups is 1. The molecule has 1 atom stereocenters. The predicted molar refractivity (Wildman–Crippen MR) is 144 cm³/mol. The fourth-order valence-electron chi connectivity index (χ4n) is 3.36. The molecule has 0 aliphatic rings. The van der Waals surface area contributed by atoms with Gasteiger partial charge in [0.25, 0.3) is 0 Å². The molecule has 186 valence electrons. The molecule has 0 bridgehead atoms. The summed E-state index contributed by atoms with van der Waals surface area (Å²) in [6.07, 6.45) is 35.9. The van der Waals surface area contributed by atoms with Gasteiger partial charge in [0, 0.05) is 18.8 Å². The van der Waals surface area contributed by atoms with Gasteiger partial charge in [0.1, 0.15) is 6.10 Å². The normalized spacial score (nSPS) is 11.8. The number of rotatable bonds is 19. The molecule has 0 radical (unpaired) electrons. The Kier molecular flexibility index (Phi) is 24.5. The Morgan fingerprint density at radius 1 is 0.735 bits per heavy atom. The van der Waals surface area contributed by atoms with Crippen molar-refractivity contribution >= 4 is 5.97 Å². The van der Waals surface area contributed by atoms with Crippen molar-refractivity contribution in [1.82, 2.24) is 0 Å². The summed E-state index contributed by atoms with van der Waals surface area (Å²) in [6, 6.07) is 0. The summed E-state index contributed by atoms with van der Waals surface area (Å²) in [5.74, 6) is 12.2. The standard InChI is InChI=1S/C31H44O3/c1-2-30(32)28-26-24-22-20-18-16-14-12-10-8-6-4-3-5-7-9-11-13-15-17-19-21-23-25-27-29-31(33)34/h1,6,8,23,25-26,28,30,32H,3-5,7,9-11,13,15-22,24H2,(H,33,34)/b8-6-,25-23-,28-26+/t30-/m0/s1. The number of unbranched alkanes of at least 4 members (excludes halogenated alkanes) is 14. The Morgan fingerprint density at radius 3 is 1.91 bits per heavy atom. The van der Waals surface area contributed by atoms with Gasteiger partial charge in [-0.3, -0.25) is 0 Å². The van der Waals surface area contributed by atoms with Crippen LogP contribution in [0.4, 0.5) is 0 Å². The van der Waals surface area contributed by atoms with Crippen LogP contribution in [-0.4, -0.2) is 22.3 Å². The topological polar surface area (TPSA) is 57.5 Å².